The van der Waals surface area contributed by atoms with Crippen LogP contribution >= 0.6 is 0 Å². The van der Waals surface area contributed by atoms with Crippen LogP contribution in [0.15, 0.2) is 28.7 Å². The molecule has 2 heterocycles. The predicted molar refractivity (Wildman–Crippen MR) is 94.5 cm³/mol. The molecule has 2 fully saturated rings. The van der Waals surface area contributed by atoms with E-state index in [1.165, 1.54) is 12.1 Å². The van der Waals surface area contributed by atoms with Gasteiger partial charge in [0.05, 0.1) is 6.54 Å². The highest BCUT2D eigenvalue weighted by atomic mass is 19.1. The Morgan fingerprint density at radius 3 is 2.92 bits per heavy atom. The molecule has 4 rings (SSSR count). The van der Waals surface area contributed by atoms with Crippen LogP contribution < -0.4 is 5.32 Å². The normalized spacial score (nSPS) is 24.0. The summed E-state index contributed by atoms with van der Waals surface area (Å²) in [6, 6.07) is 6.88. The summed E-state index contributed by atoms with van der Waals surface area (Å²) in [5.74, 6) is 1.71. The Hall–Kier alpha value is -1.88. The van der Waals surface area contributed by atoms with E-state index in [1.54, 1.807) is 6.07 Å². The zero-order valence-corrected chi connectivity index (χ0v) is 14.6. The molecule has 25 heavy (non-hydrogen) atoms. The lowest BCUT2D eigenvalue weighted by molar-refractivity contribution is -0.134. The number of likely N-dealkylation sites (tertiary alicyclic amines) is 1. The molecule has 2 aliphatic rings. The largest absolute Gasteiger partial charge is 0.460 e. The lowest BCUT2D eigenvalue weighted by Crippen LogP contribution is -2.51. The number of amides is 1. The number of benzene rings is 1. The second kappa shape index (κ2) is 6.79. The van der Waals surface area contributed by atoms with Gasteiger partial charge in [0, 0.05) is 30.4 Å². The Kier molecular flexibility index (Phi) is 4.50. The van der Waals surface area contributed by atoms with Gasteiger partial charge in [-0.3, -0.25) is 4.79 Å². The molecule has 1 aliphatic carbocycles. The SMILES string of the molecule is CC[C@H]1CN(C(=O)C2CC2)CC[C@H]1NCc1cc2cc(F)ccc2o1. The molecule has 0 unspecified atom stereocenters. The molecular weight excluding hydrogens is 319 g/mol. The predicted octanol–water partition coefficient (Wildman–Crippen LogP) is 3.70. The van der Waals surface area contributed by atoms with Crippen LogP contribution in [-0.2, 0) is 11.3 Å². The quantitative estimate of drug-likeness (QED) is 0.900. The number of piperidine rings is 1. The van der Waals surface area contributed by atoms with Gasteiger partial charge in [-0.25, -0.2) is 4.39 Å². The molecule has 0 bridgehead atoms. The first-order valence-corrected chi connectivity index (χ1v) is 9.34. The summed E-state index contributed by atoms with van der Waals surface area (Å²) >= 11 is 0. The first kappa shape index (κ1) is 16.6. The number of hydrogen-bond acceptors (Lipinski definition) is 3. The molecule has 134 valence electrons. The van der Waals surface area contributed by atoms with Crippen LogP contribution in [0.1, 0.15) is 38.4 Å². The molecule has 1 aromatic heterocycles. The van der Waals surface area contributed by atoms with E-state index in [4.69, 9.17) is 4.42 Å². The Morgan fingerprint density at radius 2 is 2.16 bits per heavy atom. The standard InChI is InChI=1S/C20H25FN2O2/c1-2-13-12-23(20(24)14-3-4-14)8-7-18(13)22-11-17-10-15-9-16(21)5-6-19(15)25-17/h5-6,9-10,13-14,18,22H,2-4,7-8,11-12H2,1H3/t13-,18+/m0/s1. The maximum Gasteiger partial charge on any atom is 0.225 e. The van der Waals surface area contributed by atoms with Crippen molar-refractivity contribution in [2.45, 2.75) is 45.2 Å². The van der Waals surface area contributed by atoms with Crippen LogP contribution in [0.25, 0.3) is 11.0 Å². The zero-order chi connectivity index (χ0) is 17.4. The van der Waals surface area contributed by atoms with Gasteiger partial charge in [0.1, 0.15) is 17.2 Å². The summed E-state index contributed by atoms with van der Waals surface area (Å²) < 4.78 is 19.1. The topological polar surface area (TPSA) is 45.5 Å². The van der Waals surface area contributed by atoms with Crippen LogP contribution in [0.4, 0.5) is 4.39 Å². The van der Waals surface area contributed by atoms with Gasteiger partial charge in [0.2, 0.25) is 5.91 Å². The van der Waals surface area contributed by atoms with Crippen LogP contribution in [0.2, 0.25) is 0 Å². The van der Waals surface area contributed by atoms with Crippen molar-refractivity contribution in [2.75, 3.05) is 13.1 Å². The fourth-order valence-electron chi connectivity index (χ4n) is 3.89. The number of halogens is 1. The number of nitrogens with one attached hydrogen (secondary N) is 1. The molecular formula is C20H25FN2O2. The lowest BCUT2D eigenvalue weighted by Gasteiger charge is -2.39. The van der Waals surface area contributed by atoms with Gasteiger partial charge in [-0.1, -0.05) is 13.3 Å². The van der Waals surface area contributed by atoms with Crippen molar-refractivity contribution in [3.63, 3.8) is 0 Å². The van der Waals surface area contributed by atoms with E-state index in [9.17, 15) is 9.18 Å². The molecule has 0 spiro atoms. The lowest BCUT2D eigenvalue weighted by atomic mass is 9.89. The summed E-state index contributed by atoms with van der Waals surface area (Å²) in [5, 5.41) is 4.39. The van der Waals surface area contributed by atoms with E-state index in [1.807, 2.05) is 6.07 Å². The van der Waals surface area contributed by atoms with Gasteiger partial charge in [-0.2, -0.15) is 0 Å². The smallest absolute Gasteiger partial charge is 0.225 e. The minimum atomic E-state index is -0.244. The Bertz CT molecular complexity index is 768. The maximum absolute atomic E-state index is 13.3. The molecule has 2 aromatic rings. The van der Waals surface area contributed by atoms with Gasteiger partial charge >= 0.3 is 0 Å². The Morgan fingerprint density at radius 1 is 1.32 bits per heavy atom. The van der Waals surface area contributed by atoms with Crippen molar-refractivity contribution in [2.24, 2.45) is 11.8 Å². The minimum absolute atomic E-state index is 0.244. The molecule has 1 saturated carbocycles. The fraction of sp³-hybridized carbons (Fsp3) is 0.550. The highest BCUT2D eigenvalue weighted by molar-refractivity contribution is 5.81. The maximum atomic E-state index is 13.3. The number of hydrogen-bond donors (Lipinski definition) is 1. The van der Waals surface area contributed by atoms with Crippen LogP contribution in [0.3, 0.4) is 0 Å². The molecule has 1 N–H and O–H groups in total. The highest BCUT2D eigenvalue weighted by Gasteiger charge is 2.37. The van der Waals surface area contributed by atoms with Gasteiger partial charge in [0.15, 0.2) is 0 Å². The fourth-order valence-corrected chi connectivity index (χ4v) is 3.89. The van der Waals surface area contributed by atoms with Crippen LogP contribution in [-0.4, -0.2) is 29.9 Å². The third-order valence-electron chi connectivity index (χ3n) is 5.56. The summed E-state index contributed by atoms with van der Waals surface area (Å²) in [6.45, 7) is 4.52. The average molecular weight is 344 g/mol. The zero-order valence-electron chi connectivity index (χ0n) is 14.6. The number of carbonyl (C=O) groups excluding carboxylic acids is 1. The van der Waals surface area contributed by atoms with Crippen molar-refractivity contribution in [3.8, 4) is 0 Å². The van der Waals surface area contributed by atoms with E-state index >= 15 is 0 Å². The van der Waals surface area contributed by atoms with Crippen molar-refractivity contribution in [1.29, 1.82) is 0 Å². The van der Waals surface area contributed by atoms with E-state index in [-0.39, 0.29) is 5.82 Å². The Balaban J connectivity index is 1.37. The number of furan rings is 1. The summed E-state index contributed by atoms with van der Waals surface area (Å²) in [6.07, 6.45) is 4.17. The molecule has 1 amide bonds. The van der Waals surface area contributed by atoms with Crippen molar-refractivity contribution in [3.05, 3.63) is 35.8 Å². The van der Waals surface area contributed by atoms with Gasteiger partial charge in [-0.15, -0.1) is 0 Å². The van der Waals surface area contributed by atoms with Gasteiger partial charge < -0.3 is 14.6 Å². The number of carbonyl (C=O) groups is 1. The second-order valence-corrected chi connectivity index (χ2v) is 7.40. The average Bonchev–Trinajstić information content (AvgIpc) is 3.39. The van der Waals surface area contributed by atoms with E-state index in [0.29, 0.717) is 30.3 Å². The summed E-state index contributed by atoms with van der Waals surface area (Å²) in [4.78, 5) is 14.4. The summed E-state index contributed by atoms with van der Waals surface area (Å²) in [5.41, 5.74) is 0.718. The molecule has 1 saturated heterocycles. The van der Waals surface area contributed by atoms with E-state index in [2.05, 4.69) is 17.1 Å². The monoisotopic (exact) mass is 344 g/mol. The molecule has 1 aromatic carbocycles. The van der Waals surface area contributed by atoms with Crippen molar-refractivity contribution < 1.29 is 13.6 Å². The number of rotatable bonds is 5. The number of fused-ring (bicyclic) bond motifs is 1. The van der Waals surface area contributed by atoms with Crippen molar-refractivity contribution in [1.82, 2.24) is 10.2 Å². The first-order valence-electron chi connectivity index (χ1n) is 9.34. The van der Waals surface area contributed by atoms with Crippen LogP contribution in [0, 0.1) is 17.7 Å². The molecule has 2 atom stereocenters. The van der Waals surface area contributed by atoms with E-state index in [0.717, 1.165) is 55.5 Å². The summed E-state index contributed by atoms with van der Waals surface area (Å²) in [7, 11) is 0. The van der Waals surface area contributed by atoms with E-state index < -0.39 is 0 Å². The third kappa shape index (κ3) is 3.56. The molecule has 4 nitrogen and oxygen atoms in total. The minimum Gasteiger partial charge on any atom is -0.460 e. The third-order valence-corrected chi connectivity index (χ3v) is 5.56. The second-order valence-electron chi connectivity index (χ2n) is 7.40. The first-order chi connectivity index (χ1) is 12.1. The van der Waals surface area contributed by atoms with Gasteiger partial charge in [-0.05, 0) is 49.4 Å². The number of nitrogens with zero attached hydrogens (tertiary/aromatic N) is 1. The van der Waals surface area contributed by atoms with Crippen molar-refractivity contribution >= 4 is 16.9 Å². The van der Waals surface area contributed by atoms with Crippen LogP contribution in [0.5, 0.6) is 0 Å². The molecule has 5 heteroatoms. The molecule has 0 radical (unpaired) electrons. The Labute approximate surface area is 147 Å². The highest BCUT2D eigenvalue weighted by Crippen LogP contribution is 2.33. The van der Waals surface area contributed by atoms with Gasteiger partial charge in [0.25, 0.3) is 0 Å². The molecule has 1 aliphatic heterocycles.